The van der Waals surface area contributed by atoms with E-state index in [4.69, 9.17) is 0 Å². The Balaban J connectivity index is 1.43. The van der Waals surface area contributed by atoms with Crippen LogP contribution in [0, 0.1) is 0 Å². The minimum atomic E-state index is -0.233. The van der Waals surface area contributed by atoms with Crippen molar-refractivity contribution in [1.82, 2.24) is 30.1 Å². The maximum absolute atomic E-state index is 12.6. The van der Waals surface area contributed by atoms with Gasteiger partial charge in [-0.15, -0.1) is 5.10 Å². The second kappa shape index (κ2) is 7.57. The number of carbonyl (C=O) groups excluding carboxylic acids is 1. The molecule has 2 aromatic rings. The Hall–Kier alpha value is -2.22. The molecule has 1 saturated carbocycles. The number of nitrogens with zero attached hydrogens (tertiary/aromatic N) is 5. The highest BCUT2D eigenvalue weighted by Gasteiger charge is 2.22. The Labute approximate surface area is 153 Å². The van der Waals surface area contributed by atoms with Crippen LogP contribution in [0.2, 0.25) is 0 Å². The number of piperidine rings is 1. The summed E-state index contributed by atoms with van der Waals surface area (Å²) in [6.07, 6.45) is 10.0. The van der Waals surface area contributed by atoms with Gasteiger partial charge >= 0.3 is 0 Å². The number of hydrogen-bond acceptors (Lipinski definition) is 5. The van der Waals surface area contributed by atoms with Crippen molar-refractivity contribution in [2.75, 3.05) is 18.4 Å². The normalized spacial score (nSPS) is 19.6. The highest BCUT2D eigenvalue weighted by Crippen LogP contribution is 2.32. The number of carbonyl (C=O) groups is 1. The van der Waals surface area contributed by atoms with Crippen LogP contribution in [0.25, 0.3) is 0 Å². The lowest BCUT2D eigenvalue weighted by Crippen LogP contribution is -2.29. The highest BCUT2D eigenvalue weighted by atomic mass is 16.2. The minimum Gasteiger partial charge on any atom is -0.317 e. The van der Waals surface area contributed by atoms with Crippen LogP contribution in [0.3, 0.4) is 0 Å². The molecule has 3 heterocycles. The predicted octanol–water partition coefficient (Wildman–Crippen LogP) is 2.24. The lowest BCUT2D eigenvalue weighted by atomic mass is 9.87. The maximum atomic E-state index is 12.6. The summed E-state index contributed by atoms with van der Waals surface area (Å²) in [4.78, 5) is 12.6. The number of nitrogens with one attached hydrogen (secondary N) is 2. The van der Waals surface area contributed by atoms with Gasteiger partial charge in [0.1, 0.15) is 5.82 Å². The van der Waals surface area contributed by atoms with Crippen LogP contribution in [0.15, 0.2) is 12.3 Å². The molecule has 2 N–H and O–H groups in total. The molecule has 0 spiro atoms. The Morgan fingerprint density at radius 2 is 1.96 bits per heavy atom. The van der Waals surface area contributed by atoms with Gasteiger partial charge in [-0.25, -0.2) is 4.68 Å². The molecule has 26 heavy (non-hydrogen) atoms. The molecule has 1 aliphatic carbocycles. The van der Waals surface area contributed by atoms with E-state index in [-0.39, 0.29) is 5.91 Å². The van der Waals surface area contributed by atoms with E-state index in [0.29, 0.717) is 23.5 Å². The standard InChI is InChI=1S/C18H27N7O/c1-24-17(11-15(22-24)13-5-3-2-4-6-13)20-18(26)16-12-25(23-21-16)14-7-9-19-10-8-14/h11-14,19H,2-10H2,1H3,(H,20,26). The van der Waals surface area contributed by atoms with Crippen molar-refractivity contribution in [2.24, 2.45) is 7.05 Å². The summed E-state index contributed by atoms with van der Waals surface area (Å²) < 4.78 is 3.57. The molecule has 1 saturated heterocycles. The van der Waals surface area contributed by atoms with Crippen molar-refractivity contribution >= 4 is 11.7 Å². The average Bonchev–Trinajstić information content (AvgIpc) is 3.31. The van der Waals surface area contributed by atoms with Crippen LogP contribution in [-0.2, 0) is 7.05 Å². The van der Waals surface area contributed by atoms with Gasteiger partial charge in [0, 0.05) is 19.0 Å². The van der Waals surface area contributed by atoms with Crippen LogP contribution >= 0.6 is 0 Å². The lowest BCUT2D eigenvalue weighted by Gasteiger charge is -2.22. The molecule has 1 amide bonds. The molecule has 2 fully saturated rings. The van der Waals surface area contributed by atoms with E-state index in [1.54, 1.807) is 10.9 Å². The third-order valence-corrected chi connectivity index (χ3v) is 5.59. The molecule has 0 radical (unpaired) electrons. The molecular formula is C18H27N7O. The molecule has 0 unspecified atom stereocenters. The van der Waals surface area contributed by atoms with Gasteiger partial charge in [0.15, 0.2) is 5.69 Å². The van der Waals surface area contributed by atoms with E-state index < -0.39 is 0 Å². The molecule has 2 aliphatic rings. The number of amides is 1. The Bertz CT molecular complexity index is 753. The van der Waals surface area contributed by atoms with Gasteiger partial charge in [-0.05, 0) is 38.8 Å². The van der Waals surface area contributed by atoms with Crippen LogP contribution < -0.4 is 10.6 Å². The lowest BCUT2D eigenvalue weighted by molar-refractivity contribution is 0.102. The predicted molar refractivity (Wildman–Crippen MR) is 98.1 cm³/mol. The molecule has 8 heteroatoms. The second-order valence-corrected chi connectivity index (χ2v) is 7.43. The monoisotopic (exact) mass is 357 g/mol. The van der Waals surface area contributed by atoms with Crippen molar-refractivity contribution < 1.29 is 4.79 Å². The summed E-state index contributed by atoms with van der Waals surface area (Å²) in [6, 6.07) is 2.32. The molecule has 140 valence electrons. The summed E-state index contributed by atoms with van der Waals surface area (Å²) in [5.41, 5.74) is 1.44. The van der Waals surface area contributed by atoms with Gasteiger partial charge < -0.3 is 10.6 Å². The number of anilines is 1. The summed E-state index contributed by atoms with van der Waals surface area (Å²) in [5, 5.41) is 19.1. The van der Waals surface area contributed by atoms with Gasteiger partial charge in [0.25, 0.3) is 5.91 Å². The van der Waals surface area contributed by atoms with Crippen molar-refractivity contribution in [2.45, 2.75) is 56.9 Å². The van der Waals surface area contributed by atoms with Crippen molar-refractivity contribution in [3.8, 4) is 0 Å². The number of aryl methyl sites for hydroxylation is 1. The van der Waals surface area contributed by atoms with E-state index in [0.717, 1.165) is 31.6 Å². The minimum absolute atomic E-state index is 0.233. The first-order chi connectivity index (χ1) is 12.7. The summed E-state index contributed by atoms with van der Waals surface area (Å²) >= 11 is 0. The average molecular weight is 357 g/mol. The van der Waals surface area contributed by atoms with Crippen molar-refractivity contribution in [3.05, 3.63) is 23.7 Å². The Morgan fingerprint density at radius 1 is 1.19 bits per heavy atom. The van der Waals surface area contributed by atoms with Gasteiger partial charge in [-0.2, -0.15) is 5.10 Å². The first-order valence-corrected chi connectivity index (χ1v) is 9.68. The zero-order chi connectivity index (χ0) is 17.9. The third-order valence-electron chi connectivity index (χ3n) is 5.59. The number of aromatic nitrogens is 5. The fourth-order valence-electron chi connectivity index (χ4n) is 4.02. The summed E-state index contributed by atoms with van der Waals surface area (Å²) in [6.45, 7) is 1.95. The van der Waals surface area contributed by atoms with E-state index in [1.807, 2.05) is 17.8 Å². The van der Waals surface area contributed by atoms with Crippen LogP contribution in [0.4, 0.5) is 5.82 Å². The number of hydrogen-bond donors (Lipinski definition) is 2. The van der Waals surface area contributed by atoms with Crippen LogP contribution in [0.5, 0.6) is 0 Å². The largest absolute Gasteiger partial charge is 0.317 e. The van der Waals surface area contributed by atoms with Gasteiger partial charge in [0.2, 0.25) is 0 Å². The van der Waals surface area contributed by atoms with Crippen molar-refractivity contribution in [3.63, 3.8) is 0 Å². The topological polar surface area (TPSA) is 89.7 Å². The molecule has 2 aromatic heterocycles. The molecule has 0 bridgehead atoms. The first-order valence-electron chi connectivity index (χ1n) is 9.68. The zero-order valence-corrected chi connectivity index (χ0v) is 15.3. The maximum Gasteiger partial charge on any atom is 0.278 e. The Morgan fingerprint density at radius 3 is 2.73 bits per heavy atom. The Kier molecular flexibility index (Phi) is 5.01. The molecule has 0 atom stereocenters. The smallest absolute Gasteiger partial charge is 0.278 e. The van der Waals surface area contributed by atoms with Gasteiger partial charge in [0.05, 0.1) is 17.9 Å². The first kappa shape index (κ1) is 17.2. The summed E-state index contributed by atoms with van der Waals surface area (Å²) in [5.74, 6) is 0.997. The quantitative estimate of drug-likeness (QED) is 0.876. The fourth-order valence-corrected chi connectivity index (χ4v) is 4.02. The van der Waals surface area contributed by atoms with Gasteiger partial charge in [-0.3, -0.25) is 9.48 Å². The fraction of sp³-hybridized carbons (Fsp3) is 0.667. The molecule has 4 rings (SSSR count). The number of rotatable bonds is 4. The molecule has 8 nitrogen and oxygen atoms in total. The summed E-state index contributed by atoms with van der Waals surface area (Å²) in [7, 11) is 1.87. The zero-order valence-electron chi connectivity index (χ0n) is 15.3. The van der Waals surface area contributed by atoms with Crippen molar-refractivity contribution in [1.29, 1.82) is 0 Å². The van der Waals surface area contributed by atoms with E-state index in [2.05, 4.69) is 26.0 Å². The van der Waals surface area contributed by atoms with Crippen LogP contribution in [-0.4, -0.2) is 43.8 Å². The molecular weight excluding hydrogens is 330 g/mol. The van der Waals surface area contributed by atoms with Crippen LogP contribution in [0.1, 0.15) is 73.1 Å². The van der Waals surface area contributed by atoms with E-state index >= 15 is 0 Å². The molecule has 0 aromatic carbocycles. The SMILES string of the molecule is Cn1nc(C2CCCCC2)cc1NC(=O)c1cn(C2CCNCC2)nn1. The second-order valence-electron chi connectivity index (χ2n) is 7.43. The van der Waals surface area contributed by atoms with Gasteiger partial charge in [-0.1, -0.05) is 24.5 Å². The molecule has 1 aliphatic heterocycles. The third kappa shape index (κ3) is 3.65. The van der Waals surface area contributed by atoms with E-state index in [1.165, 1.54) is 32.1 Å². The van der Waals surface area contributed by atoms with E-state index in [9.17, 15) is 4.79 Å². The highest BCUT2D eigenvalue weighted by molar-refractivity contribution is 6.02.